The predicted molar refractivity (Wildman–Crippen MR) is 62.5 cm³/mol. The largest absolute Gasteiger partial charge is 0.401 e. The molecule has 1 N–H and O–H groups in total. The van der Waals surface area contributed by atoms with E-state index in [1.54, 1.807) is 0 Å². The van der Waals surface area contributed by atoms with E-state index in [1.165, 1.54) is 4.90 Å². The van der Waals surface area contributed by atoms with Gasteiger partial charge < -0.3 is 10.1 Å². The maximum absolute atomic E-state index is 12.3. The summed E-state index contributed by atoms with van der Waals surface area (Å²) in [5.41, 5.74) is 0. The summed E-state index contributed by atoms with van der Waals surface area (Å²) in [5, 5.41) is 3.26. The number of likely N-dealkylation sites (tertiary alicyclic amines) is 1. The lowest BCUT2D eigenvalue weighted by molar-refractivity contribution is -0.155. The normalized spacial score (nSPS) is 31.5. The van der Waals surface area contributed by atoms with Gasteiger partial charge in [-0.15, -0.1) is 0 Å². The molecule has 3 nitrogen and oxygen atoms in total. The SMILES string of the molecule is FC(F)(F)CN1CCCC(OC2CCCNC2)C1. The summed E-state index contributed by atoms with van der Waals surface area (Å²) in [6, 6.07) is 0. The molecule has 106 valence electrons. The molecule has 2 atom stereocenters. The van der Waals surface area contributed by atoms with Gasteiger partial charge in [0.2, 0.25) is 0 Å². The highest BCUT2D eigenvalue weighted by atomic mass is 19.4. The van der Waals surface area contributed by atoms with Gasteiger partial charge in [-0.1, -0.05) is 0 Å². The second kappa shape index (κ2) is 6.21. The van der Waals surface area contributed by atoms with E-state index < -0.39 is 12.7 Å². The van der Waals surface area contributed by atoms with E-state index in [4.69, 9.17) is 4.74 Å². The predicted octanol–water partition coefficient (Wildman–Crippen LogP) is 1.78. The molecule has 0 aromatic rings. The molecular formula is C12H21F3N2O. The van der Waals surface area contributed by atoms with Gasteiger partial charge in [-0.05, 0) is 38.8 Å². The van der Waals surface area contributed by atoms with Crippen molar-refractivity contribution < 1.29 is 17.9 Å². The first-order chi connectivity index (χ1) is 8.53. The summed E-state index contributed by atoms with van der Waals surface area (Å²) in [6.07, 6.45) is -0.187. The number of halogens is 3. The summed E-state index contributed by atoms with van der Waals surface area (Å²) >= 11 is 0. The summed E-state index contributed by atoms with van der Waals surface area (Å²) < 4.78 is 42.9. The Labute approximate surface area is 106 Å². The average Bonchev–Trinajstić information content (AvgIpc) is 2.28. The van der Waals surface area contributed by atoms with Crippen molar-refractivity contribution in [1.29, 1.82) is 0 Å². The Morgan fingerprint density at radius 3 is 2.61 bits per heavy atom. The lowest BCUT2D eigenvalue weighted by Gasteiger charge is -2.36. The number of piperidine rings is 2. The van der Waals surface area contributed by atoms with E-state index in [1.807, 2.05) is 0 Å². The molecule has 2 saturated heterocycles. The van der Waals surface area contributed by atoms with Gasteiger partial charge in [0.05, 0.1) is 18.8 Å². The van der Waals surface area contributed by atoms with Crippen molar-refractivity contribution in [1.82, 2.24) is 10.2 Å². The molecule has 2 aliphatic heterocycles. The van der Waals surface area contributed by atoms with Crippen LogP contribution in [-0.4, -0.2) is 56.0 Å². The van der Waals surface area contributed by atoms with Crippen LogP contribution in [0.4, 0.5) is 13.2 Å². The zero-order valence-electron chi connectivity index (χ0n) is 10.5. The number of nitrogens with zero attached hydrogens (tertiary/aromatic N) is 1. The van der Waals surface area contributed by atoms with Crippen molar-refractivity contribution in [3.05, 3.63) is 0 Å². The fraction of sp³-hybridized carbons (Fsp3) is 1.00. The Bertz CT molecular complexity index is 254. The summed E-state index contributed by atoms with van der Waals surface area (Å²) in [7, 11) is 0. The molecule has 18 heavy (non-hydrogen) atoms. The highest BCUT2D eigenvalue weighted by Gasteiger charge is 2.33. The molecule has 0 amide bonds. The second-order valence-corrected chi connectivity index (χ2v) is 5.22. The van der Waals surface area contributed by atoms with Gasteiger partial charge in [-0.3, -0.25) is 4.90 Å². The van der Waals surface area contributed by atoms with Gasteiger partial charge in [-0.25, -0.2) is 0 Å². The van der Waals surface area contributed by atoms with E-state index in [0.717, 1.165) is 38.8 Å². The van der Waals surface area contributed by atoms with E-state index in [-0.39, 0.29) is 12.2 Å². The number of hydrogen-bond acceptors (Lipinski definition) is 3. The van der Waals surface area contributed by atoms with E-state index >= 15 is 0 Å². The number of hydrogen-bond donors (Lipinski definition) is 1. The maximum atomic E-state index is 12.3. The number of alkyl halides is 3. The molecule has 0 aromatic heterocycles. The minimum Gasteiger partial charge on any atom is -0.372 e. The smallest absolute Gasteiger partial charge is 0.372 e. The Balaban J connectivity index is 1.75. The monoisotopic (exact) mass is 266 g/mol. The molecule has 6 heteroatoms. The van der Waals surface area contributed by atoms with Crippen molar-refractivity contribution in [2.75, 3.05) is 32.7 Å². The van der Waals surface area contributed by atoms with Crippen molar-refractivity contribution in [3.63, 3.8) is 0 Å². The molecule has 0 spiro atoms. The van der Waals surface area contributed by atoms with Crippen LogP contribution < -0.4 is 5.32 Å². The van der Waals surface area contributed by atoms with Gasteiger partial charge in [0, 0.05) is 13.1 Å². The van der Waals surface area contributed by atoms with Gasteiger partial charge in [0.25, 0.3) is 0 Å². The van der Waals surface area contributed by atoms with Crippen LogP contribution in [0, 0.1) is 0 Å². The molecule has 0 aliphatic carbocycles. The quantitative estimate of drug-likeness (QED) is 0.842. The minimum absolute atomic E-state index is 0.0361. The van der Waals surface area contributed by atoms with Gasteiger partial charge in [-0.2, -0.15) is 13.2 Å². The molecule has 0 saturated carbocycles. The highest BCUT2D eigenvalue weighted by molar-refractivity contribution is 4.78. The van der Waals surface area contributed by atoms with Crippen LogP contribution in [0.5, 0.6) is 0 Å². The lowest BCUT2D eigenvalue weighted by Crippen LogP contribution is -2.46. The number of rotatable bonds is 3. The molecule has 2 rings (SSSR count). The number of nitrogens with one attached hydrogen (secondary N) is 1. The Morgan fingerprint density at radius 2 is 1.94 bits per heavy atom. The van der Waals surface area contributed by atoms with Crippen LogP contribution in [0.25, 0.3) is 0 Å². The summed E-state index contributed by atoms with van der Waals surface area (Å²) in [5.74, 6) is 0. The fourth-order valence-electron chi connectivity index (χ4n) is 2.73. The fourth-order valence-corrected chi connectivity index (χ4v) is 2.73. The molecule has 2 unspecified atom stereocenters. The van der Waals surface area contributed by atoms with Gasteiger partial charge in [0.1, 0.15) is 0 Å². The molecule has 2 fully saturated rings. The molecular weight excluding hydrogens is 245 g/mol. The molecule has 0 bridgehead atoms. The standard InChI is InChI=1S/C12H21F3N2O/c13-12(14,15)9-17-6-2-4-11(8-17)18-10-3-1-5-16-7-10/h10-11,16H,1-9H2. The van der Waals surface area contributed by atoms with Crippen LogP contribution in [-0.2, 0) is 4.74 Å². The first-order valence-electron chi connectivity index (χ1n) is 6.68. The number of ether oxygens (including phenoxy) is 1. The third-order valence-electron chi connectivity index (χ3n) is 3.50. The molecule has 2 aliphatic rings. The van der Waals surface area contributed by atoms with Crippen molar-refractivity contribution in [2.24, 2.45) is 0 Å². The minimum atomic E-state index is -4.10. The second-order valence-electron chi connectivity index (χ2n) is 5.22. The van der Waals surface area contributed by atoms with Gasteiger partial charge >= 0.3 is 6.18 Å². The Hall–Kier alpha value is -0.330. The van der Waals surface area contributed by atoms with E-state index in [0.29, 0.717) is 13.1 Å². The van der Waals surface area contributed by atoms with Crippen LogP contribution >= 0.6 is 0 Å². The van der Waals surface area contributed by atoms with Crippen LogP contribution in [0.15, 0.2) is 0 Å². The zero-order valence-corrected chi connectivity index (χ0v) is 10.5. The molecule has 2 heterocycles. The van der Waals surface area contributed by atoms with Crippen LogP contribution in [0.3, 0.4) is 0 Å². The van der Waals surface area contributed by atoms with E-state index in [9.17, 15) is 13.2 Å². The third-order valence-corrected chi connectivity index (χ3v) is 3.50. The van der Waals surface area contributed by atoms with Crippen molar-refractivity contribution in [2.45, 2.75) is 44.1 Å². The van der Waals surface area contributed by atoms with Crippen molar-refractivity contribution in [3.8, 4) is 0 Å². The first-order valence-corrected chi connectivity index (χ1v) is 6.68. The van der Waals surface area contributed by atoms with E-state index in [2.05, 4.69) is 5.32 Å². The summed E-state index contributed by atoms with van der Waals surface area (Å²) in [4.78, 5) is 1.46. The average molecular weight is 266 g/mol. The first kappa shape index (κ1) is 14.1. The topological polar surface area (TPSA) is 24.5 Å². The lowest BCUT2D eigenvalue weighted by atomic mass is 10.1. The van der Waals surface area contributed by atoms with Crippen LogP contribution in [0.2, 0.25) is 0 Å². The maximum Gasteiger partial charge on any atom is 0.401 e. The third kappa shape index (κ3) is 4.74. The van der Waals surface area contributed by atoms with Gasteiger partial charge in [0.15, 0.2) is 0 Å². The Kier molecular flexibility index (Phi) is 4.86. The zero-order chi connectivity index (χ0) is 13.0. The summed E-state index contributed by atoms with van der Waals surface area (Å²) in [6.45, 7) is 1.98. The molecule has 0 aromatic carbocycles. The highest BCUT2D eigenvalue weighted by Crippen LogP contribution is 2.22. The Morgan fingerprint density at radius 1 is 1.17 bits per heavy atom. The molecule has 0 radical (unpaired) electrons. The van der Waals surface area contributed by atoms with Crippen LogP contribution in [0.1, 0.15) is 25.7 Å². The van der Waals surface area contributed by atoms with Crippen molar-refractivity contribution >= 4 is 0 Å².